The fourth-order valence-corrected chi connectivity index (χ4v) is 1.14. The van der Waals surface area contributed by atoms with Gasteiger partial charge in [-0.25, -0.2) is 0 Å². The Kier molecular flexibility index (Phi) is 2.99. The van der Waals surface area contributed by atoms with Gasteiger partial charge in [0.05, 0.1) is 21.3 Å². The Labute approximate surface area is 83.9 Å². The average Bonchev–Trinajstić information content (AvgIpc) is 2.12. The van der Waals surface area contributed by atoms with Crippen LogP contribution in [0.25, 0.3) is 10.4 Å². The summed E-state index contributed by atoms with van der Waals surface area (Å²) in [5.74, 6) is 0. The highest BCUT2D eigenvalue weighted by atomic mass is 35.5. The standard InChI is InChI=1S/C7H2Cl2N4/c8-5-1-2-6(12-13-11)4(3-10)7(5)9/h1-2H. The molecule has 0 saturated heterocycles. The van der Waals surface area contributed by atoms with Crippen molar-refractivity contribution in [2.75, 3.05) is 0 Å². The van der Waals surface area contributed by atoms with Crippen molar-refractivity contribution in [2.24, 2.45) is 5.11 Å². The van der Waals surface area contributed by atoms with Gasteiger partial charge in [-0.3, -0.25) is 0 Å². The number of hydrogen-bond donors (Lipinski definition) is 0. The van der Waals surface area contributed by atoms with E-state index in [1.54, 1.807) is 0 Å². The Bertz CT molecular complexity index is 429. The summed E-state index contributed by atoms with van der Waals surface area (Å²) in [4.78, 5) is 2.56. The monoisotopic (exact) mass is 212 g/mol. The third-order valence-electron chi connectivity index (χ3n) is 1.34. The average molecular weight is 213 g/mol. The molecule has 0 atom stereocenters. The molecule has 0 spiro atoms. The molecule has 1 aromatic rings. The number of benzene rings is 1. The van der Waals surface area contributed by atoms with E-state index in [0.29, 0.717) is 0 Å². The molecular weight excluding hydrogens is 211 g/mol. The first-order chi connectivity index (χ1) is 6.20. The van der Waals surface area contributed by atoms with Gasteiger partial charge in [0, 0.05) is 4.91 Å². The lowest BCUT2D eigenvalue weighted by atomic mass is 10.2. The zero-order valence-electron chi connectivity index (χ0n) is 6.20. The van der Waals surface area contributed by atoms with Crippen LogP contribution in [-0.4, -0.2) is 0 Å². The van der Waals surface area contributed by atoms with E-state index < -0.39 is 0 Å². The molecule has 6 heteroatoms. The van der Waals surface area contributed by atoms with Gasteiger partial charge >= 0.3 is 0 Å². The van der Waals surface area contributed by atoms with Crippen LogP contribution in [0.3, 0.4) is 0 Å². The van der Waals surface area contributed by atoms with Gasteiger partial charge in [-0.2, -0.15) is 5.26 Å². The van der Waals surface area contributed by atoms with E-state index in [9.17, 15) is 0 Å². The highest BCUT2D eigenvalue weighted by Gasteiger charge is 2.08. The van der Waals surface area contributed by atoms with Gasteiger partial charge in [0.2, 0.25) is 0 Å². The molecule has 0 unspecified atom stereocenters. The first-order valence-electron chi connectivity index (χ1n) is 3.14. The number of nitriles is 1. The largest absolute Gasteiger partial charge is 0.192 e. The lowest BCUT2D eigenvalue weighted by Gasteiger charge is -2.00. The zero-order valence-corrected chi connectivity index (χ0v) is 7.71. The third-order valence-corrected chi connectivity index (χ3v) is 2.14. The van der Waals surface area contributed by atoms with Crippen LogP contribution in [0, 0.1) is 11.3 Å². The Balaban J connectivity index is 3.49. The minimum absolute atomic E-state index is 0.0898. The molecule has 64 valence electrons. The maximum atomic E-state index is 8.67. The van der Waals surface area contributed by atoms with Crippen molar-refractivity contribution in [3.8, 4) is 6.07 Å². The summed E-state index contributed by atoms with van der Waals surface area (Å²) in [6.07, 6.45) is 0. The van der Waals surface area contributed by atoms with Gasteiger partial charge in [-0.05, 0) is 17.7 Å². The van der Waals surface area contributed by atoms with Gasteiger partial charge in [0.25, 0.3) is 0 Å². The molecule has 0 fully saturated rings. The molecule has 0 N–H and O–H groups in total. The molecule has 1 rings (SSSR count). The van der Waals surface area contributed by atoms with Crippen LogP contribution in [0.2, 0.25) is 10.0 Å². The van der Waals surface area contributed by atoms with Crippen molar-refractivity contribution >= 4 is 28.9 Å². The van der Waals surface area contributed by atoms with E-state index >= 15 is 0 Å². The number of halogens is 2. The minimum Gasteiger partial charge on any atom is -0.192 e. The van der Waals surface area contributed by atoms with E-state index in [2.05, 4.69) is 10.0 Å². The van der Waals surface area contributed by atoms with E-state index in [1.807, 2.05) is 6.07 Å². The van der Waals surface area contributed by atoms with Crippen molar-refractivity contribution < 1.29 is 0 Å². The summed E-state index contributed by atoms with van der Waals surface area (Å²) < 4.78 is 0. The van der Waals surface area contributed by atoms with Gasteiger partial charge in [-0.1, -0.05) is 28.3 Å². The quantitative estimate of drug-likeness (QED) is 0.397. The lowest BCUT2D eigenvalue weighted by Crippen LogP contribution is -1.79. The molecule has 4 nitrogen and oxygen atoms in total. The molecule has 0 aliphatic heterocycles. The van der Waals surface area contributed by atoms with Crippen LogP contribution in [0.15, 0.2) is 17.2 Å². The van der Waals surface area contributed by atoms with Crippen LogP contribution < -0.4 is 0 Å². The molecule has 0 bridgehead atoms. The molecule has 1 aromatic carbocycles. The molecule has 0 aliphatic rings. The SMILES string of the molecule is N#Cc1c(N=[N+]=[N-])ccc(Cl)c1Cl. The first kappa shape index (κ1) is 9.69. The summed E-state index contributed by atoms with van der Waals surface area (Å²) in [5, 5.41) is 12.3. The maximum absolute atomic E-state index is 8.67. The van der Waals surface area contributed by atoms with Crippen LogP contribution in [-0.2, 0) is 0 Å². The van der Waals surface area contributed by atoms with E-state index in [1.165, 1.54) is 12.1 Å². The van der Waals surface area contributed by atoms with E-state index in [-0.39, 0.29) is 21.3 Å². The van der Waals surface area contributed by atoms with Gasteiger partial charge in [0.15, 0.2) is 0 Å². The van der Waals surface area contributed by atoms with Gasteiger partial charge < -0.3 is 0 Å². The molecule has 0 heterocycles. The molecular formula is C7H2Cl2N4. The number of rotatable bonds is 1. The van der Waals surface area contributed by atoms with Crippen molar-refractivity contribution in [1.29, 1.82) is 5.26 Å². The van der Waals surface area contributed by atoms with E-state index in [0.717, 1.165) is 0 Å². The second-order valence-electron chi connectivity index (χ2n) is 2.06. The van der Waals surface area contributed by atoms with Crippen LogP contribution in [0.5, 0.6) is 0 Å². The zero-order chi connectivity index (χ0) is 9.84. The summed E-state index contributed by atoms with van der Waals surface area (Å²) >= 11 is 11.3. The predicted molar refractivity (Wildman–Crippen MR) is 50.0 cm³/mol. The number of nitrogens with zero attached hydrogens (tertiary/aromatic N) is 4. The Morgan fingerprint density at radius 3 is 2.69 bits per heavy atom. The van der Waals surface area contributed by atoms with Crippen molar-refractivity contribution in [3.05, 3.63) is 38.2 Å². The van der Waals surface area contributed by atoms with Gasteiger partial charge in [-0.15, -0.1) is 0 Å². The molecule has 0 aliphatic carbocycles. The molecule has 0 saturated carbocycles. The minimum atomic E-state index is 0.0898. The van der Waals surface area contributed by atoms with E-state index in [4.69, 9.17) is 34.0 Å². The maximum Gasteiger partial charge on any atom is 0.101 e. The molecule has 13 heavy (non-hydrogen) atoms. The van der Waals surface area contributed by atoms with Crippen LogP contribution in [0.1, 0.15) is 5.56 Å². The summed E-state index contributed by atoms with van der Waals surface area (Å²) in [6, 6.07) is 4.71. The fourth-order valence-electron chi connectivity index (χ4n) is 0.778. The summed E-state index contributed by atoms with van der Waals surface area (Å²) in [7, 11) is 0. The van der Waals surface area contributed by atoms with Gasteiger partial charge in [0.1, 0.15) is 6.07 Å². The predicted octanol–water partition coefficient (Wildman–Crippen LogP) is 3.81. The van der Waals surface area contributed by atoms with Crippen molar-refractivity contribution in [1.82, 2.24) is 0 Å². The normalized spacial score (nSPS) is 8.69. The Morgan fingerprint density at radius 1 is 1.46 bits per heavy atom. The third kappa shape index (κ3) is 1.85. The van der Waals surface area contributed by atoms with Crippen molar-refractivity contribution in [3.63, 3.8) is 0 Å². The van der Waals surface area contributed by atoms with Crippen LogP contribution in [0.4, 0.5) is 5.69 Å². The second-order valence-corrected chi connectivity index (χ2v) is 2.84. The lowest BCUT2D eigenvalue weighted by molar-refractivity contribution is 1.42. The Morgan fingerprint density at radius 2 is 2.15 bits per heavy atom. The summed E-state index contributed by atoms with van der Waals surface area (Å²) in [5.41, 5.74) is 8.44. The summed E-state index contributed by atoms with van der Waals surface area (Å²) in [6.45, 7) is 0. The van der Waals surface area contributed by atoms with Crippen molar-refractivity contribution in [2.45, 2.75) is 0 Å². The highest BCUT2D eigenvalue weighted by Crippen LogP contribution is 2.32. The molecule has 0 aromatic heterocycles. The Hall–Kier alpha value is -1.40. The number of azide groups is 1. The smallest absolute Gasteiger partial charge is 0.101 e. The second kappa shape index (κ2) is 4.01. The van der Waals surface area contributed by atoms with Crippen LogP contribution >= 0.6 is 23.2 Å². The highest BCUT2D eigenvalue weighted by molar-refractivity contribution is 6.43. The fraction of sp³-hybridized carbons (Fsp3) is 0. The molecule has 0 radical (unpaired) electrons. The number of hydrogen-bond acceptors (Lipinski definition) is 2. The topological polar surface area (TPSA) is 72.5 Å². The molecule has 0 amide bonds. The first-order valence-corrected chi connectivity index (χ1v) is 3.89.